The van der Waals surface area contributed by atoms with Gasteiger partial charge in [-0.1, -0.05) is 30.0 Å². The lowest BCUT2D eigenvalue weighted by atomic mass is 10.3. The highest BCUT2D eigenvalue weighted by Crippen LogP contribution is 2.22. The number of aliphatic carboxylic acids is 1. The second kappa shape index (κ2) is 6.82. The van der Waals surface area contributed by atoms with Crippen LogP contribution >= 0.6 is 23.1 Å². The summed E-state index contributed by atoms with van der Waals surface area (Å²) in [5.74, 6) is -0.341. The quantitative estimate of drug-likeness (QED) is 0.722. The van der Waals surface area contributed by atoms with Crippen molar-refractivity contribution in [2.24, 2.45) is 0 Å². The minimum absolute atomic E-state index is 0.476. The number of thioether (sulfide) groups is 1. The molecule has 1 rings (SSSR count). The van der Waals surface area contributed by atoms with Crippen LogP contribution in [0.15, 0.2) is 4.34 Å². The molecule has 0 radical (unpaired) electrons. The molecule has 0 saturated carbocycles. The van der Waals surface area contributed by atoms with Crippen molar-refractivity contribution in [3.63, 3.8) is 0 Å². The second-order valence-electron chi connectivity index (χ2n) is 3.24. The Hall–Kier alpha value is -0.660. The van der Waals surface area contributed by atoms with Crippen LogP contribution < -0.4 is 5.32 Å². The number of carboxylic acids is 1. The van der Waals surface area contributed by atoms with Gasteiger partial charge >= 0.3 is 5.97 Å². The maximum absolute atomic E-state index is 10.9. The van der Waals surface area contributed by atoms with E-state index in [1.54, 1.807) is 0 Å². The maximum atomic E-state index is 10.9. The molecular weight excluding hydrogens is 246 g/mol. The van der Waals surface area contributed by atoms with E-state index in [1.165, 1.54) is 23.1 Å². The van der Waals surface area contributed by atoms with Crippen molar-refractivity contribution in [3.05, 3.63) is 5.01 Å². The van der Waals surface area contributed by atoms with Gasteiger partial charge in [0.1, 0.15) is 11.0 Å². The van der Waals surface area contributed by atoms with E-state index >= 15 is 0 Å². The van der Waals surface area contributed by atoms with Crippen LogP contribution in [0, 0.1) is 6.92 Å². The Kier molecular flexibility index (Phi) is 5.72. The van der Waals surface area contributed by atoms with E-state index in [-0.39, 0.29) is 0 Å². The van der Waals surface area contributed by atoms with Gasteiger partial charge in [-0.3, -0.25) is 4.79 Å². The van der Waals surface area contributed by atoms with Crippen molar-refractivity contribution in [2.75, 3.05) is 12.3 Å². The molecule has 7 heteroatoms. The molecular formula is C9H15N3O2S2. The maximum Gasteiger partial charge on any atom is 0.321 e. The molecule has 5 nitrogen and oxygen atoms in total. The molecule has 0 fully saturated rings. The second-order valence-corrected chi connectivity index (χ2v) is 5.69. The summed E-state index contributed by atoms with van der Waals surface area (Å²) in [6, 6.07) is -0.519. The van der Waals surface area contributed by atoms with Crippen LogP contribution in [0.4, 0.5) is 0 Å². The van der Waals surface area contributed by atoms with E-state index in [9.17, 15) is 4.79 Å². The zero-order valence-corrected chi connectivity index (χ0v) is 10.9. The molecule has 2 N–H and O–H groups in total. The molecule has 0 aliphatic heterocycles. The van der Waals surface area contributed by atoms with Gasteiger partial charge in [-0.2, -0.15) is 0 Å². The summed E-state index contributed by atoms with van der Waals surface area (Å²) in [7, 11) is 0. The molecule has 1 heterocycles. The summed E-state index contributed by atoms with van der Waals surface area (Å²) in [6.45, 7) is 4.60. The molecule has 1 aromatic heterocycles. The van der Waals surface area contributed by atoms with Crippen LogP contribution in [0.3, 0.4) is 0 Å². The SMILES string of the molecule is CCCNC(CSc1nnc(C)s1)C(=O)O. The Morgan fingerprint density at radius 1 is 1.62 bits per heavy atom. The van der Waals surface area contributed by atoms with Gasteiger partial charge in [-0.15, -0.1) is 10.2 Å². The molecule has 0 saturated heterocycles. The van der Waals surface area contributed by atoms with Crippen molar-refractivity contribution in [2.45, 2.75) is 30.6 Å². The molecule has 1 aromatic rings. The molecule has 0 bridgehead atoms. The zero-order chi connectivity index (χ0) is 12.0. The lowest BCUT2D eigenvalue weighted by Gasteiger charge is -2.11. The predicted molar refractivity (Wildman–Crippen MR) is 65.1 cm³/mol. The van der Waals surface area contributed by atoms with Gasteiger partial charge in [-0.05, 0) is 19.9 Å². The summed E-state index contributed by atoms with van der Waals surface area (Å²) in [5, 5.41) is 20.7. The Bertz CT molecular complexity index is 343. The van der Waals surface area contributed by atoms with E-state index in [0.29, 0.717) is 12.3 Å². The summed E-state index contributed by atoms with van der Waals surface area (Å²) >= 11 is 2.92. The van der Waals surface area contributed by atoms with Crippen molar-refractivity contribution < 1.29 is 9.90 Å². The Labute approximate surface area is 103 Å². The highest BCUT2D eigenvalue weighted by molar-refractivity contribution is 8.01. The number of nitrogens with one attached hydrogen (secondary N) is 1. The minimum atomic E-state index is -0.817. The number of rotatable bonds is 7. The third kappa shape index (κ3) is 4.46. The summed E-state index contributed by atoms with van der Waals surface area (Å²) in [5.41, 5.74) is 0. The van der Waals surface area contributed by atoms with E-state index in [2.05, 4.69) is 15.5 Å². The number of nitrogens with zero attached hydrogens (tertiary/aromatic N) is 2. The van der Waals surface area contributed by atoms with Gasteiger partial charge in [0.2, 0.25) is 0 Å². The van der Waals surface area contributed by atoms with Crippen molar-refractivity contribution in [1.29, 1.82) is 0 Å². The Balaban J connectivity index is 2.40. The van der Waals surface area contributed by atoms with Gasteiger partial charge in [0.25, 0.3) is 0 Å². The fourth-order valence-electron chi connectivity index (χ4n) is 1.03. The van der Waals surface area contributed by atoms with Gasteiger partial charge < -0.3 is 10.4 Å². The standard InChI is InChI=1S/C9H15N3O2S2/c1-3-4-10-7(8(13)14)5-15-9-12-11-6(2)16-9/h7,10H,3-5H2,1-2H3,(H,13,14). The van der Waals surface area contributed by atoms with Gasteiger partial charge in [0, 0.05) is 5.75 Å². The minimum Gasteiger partial charge on any atom is -0.480 e. The summed E-state index contributed by atoms with van der Waals surface area (Å²) in [4.78, 5) is 10.9. The molecule has 90 valence electrons. The molecule has 16 heavy (non-hydrogen) atoms. The average Bonchev–Trinajstić information content (AvgIpc) is 2.64. The van der Waals surface area contributed by atoms with Gasteiger partial charge in [-0.25, -0.2) is 0 Å². The third-order valence-electron chi connectivity index (χ3n) is 1.82. The first-order chi connectivity index (χ1) is 7.63. The van der Waals surface area contributed by atoms with Gasteiger partial charge in [0.05, 0.1) is 0 Å². The van der Waals surface area contributed by atoms with Crippen LogP contribution in [0.5, 0.6) is 0 Å². The number of aromatic nitrogens is 2. The van der Waals surface area contributed by atoms with Crippen LogP contribution in [0.1, 0.15) is 18.4 Å². The fraction of sp³-hybridized carbons (Fsp3) is 0.667. The smallest absolute Gasteiger partial charge is 0.321 e. The van der Waals surface area contributed by atoms with Crippen molar-refractivity contribution >= 4 is 29.1 Å². The number of aryl methyl sites for hydroxylation is 1. The molecule has 0 aromatic carbocycles. The van der Waals surface area contributed by atoms with E-state index in [1.807, 2.05) is 13.8 Å². The Morgan fingerprint density at radius 2 is 2.38 bits per heavy atom. The summed E-state index contributed by atoms with van der Waals surface area (Å²) < 4.78 is 0.821. The first-order valence-corrected chi connectivity index (χ1v) is 6.82. The normalized spacial score (nSPS) is 12.6. The number of hydrogen-bond donors (Lipinski definition) is 2. The molecule has 0 aliphatic carbocycles. The van der Waals surface area contributed by atoms with E-state index < -0.39 is 12.0 Å². The zero-order valence-electron chi connectivity index (χ0n) is 9.27. The average molecular weight is 261 g/mol. The Morgan fingerprint density at radius 3 is 2.88 bits per heavy atom. The van der Waals surface area contributed by atoms with Crippen molar-refractivity contribution in [3.8, 4) is 0 Å². The third-order valence-corrected chi connectivity index (χ3v) is 3.89. The summed E-state index contributed by atoms with van der Waals surface area (Å²) in [6.07, 6.45) is 0.923. The monoisotopic (exact) mass is 261 g/mol. The van der Waals surface area contributed by atoms with Crippen LogP contribution in [-0.4, -0.2) is 39.6 Å². The van der Waals surface area contributed by atoms with E-state index in [4.69, 9.17) is 5.11 Å². The first-order valence-electron chi connectivity index (χ1n) is 5.02. The molecule has 1 unspecified atom stereocenters. The highest BCUT2D eigenvalue weighted by atomic mass is 32.2. The van der Waals surface area contributed by atoms with Crippen LogP contribution in [0.25, 0.3) is 0 Å². The largest absolute Gasteiger partial charge is 0.480 e. The number of carbonyl (C=O) groups is 1. The first kappa shape index (κ1) is 13.4. The molecule has 1 atom stereocenters. The lowest BCUT2D eigenvalue weighted by molar-refractivity contribution is -0.138. The van der Waals surface area contributed by atoms with Gasteiger partial charge in [0.15, 0.2) is 4.34 Å². The fourth-order valence-corrected chi connectivity index (χ4v) is 2.91. The highest BCUT2D eigenvalue weighted by Gasteiger charge is 2.17. The predicted octanol–water partition coefficient (Wildman–Crippen LogP) is 1.39. The van der Waals surface area contributed by atoms with Crippen LogP contribution in [0.2, 0.25) is 0 Å². The molecule has 0 amide bonds. The van der Waals surface area contributed by atoms with Crippen LogP contribution in [-0.2, 0) is 4.79 Å². The van der Waals surface area contributed by atoms with E-state index in [0.717, 1.165) is 15.8 Å². The lowest BCUT2D eigenvalue weighted by Crippen LogP contribution is -2.39. The molecule has 0 spiro atoms. The topological polar surface area (TPSA) is 75.1 Å². The number of hydrogen-bond acceptors (Lipinski definition) is 6. The number of carboxylic acid groups (broad SMARTS) is 1. The molecule has 0 aliphatic rings. The van der Waals surface area contributed by atoms with Crippen molar-refractivity contribution in [1.82, 2.24) is 15.5 Å².